The number of non-ortho nitro benzene ring substituents is 1. The van der Waals surface area contributed by atoms with E-state index in [2.05, 4.69) is 4.99 Å². The molecular weight excluding hydrogens is 495 g/mol. The molecule has 1 aliphatic heterocycles. The highest BCUT2D eigenvalue weighted by molar-refractivity contribution is 6.34. The fraction of sp³-hybridized carbons (Fsp3) is 0.120. The molecule has 35 heavy (non-hydrogen) atoms. The van der Waals surface area contributed by atoms with Gasteiger partial charge in [0.1, 0.15) is 6.61 Å². The Morgan fingerprint density at radius 3 is 2.54 bits per heavy atom. The summed E-state index contributed by atoms with van der Waals surface area (Å²) in [5, 5.41) is 11.6. The Morgan fingerprint density at radius 2 is 1.83 bits per heavy atom. The summed E-state index contributed by atoms with van der Waals surface area (Å²) in [4.78, 5) is 27.0. The van der Waals surface area contributed by atoms with E-state index in [-0.39, 0.29) is 34.5 Å². The first kappa shape index (κ1) is 24.3. The number of aliphatic imine (C=N–C) groups is 1. The zero-order valence-electron chi connectivity index (χ0n) is 18.4. The summed E-state index contributed by atoms with van der Waals surface area (Å²) in [5.41, 5.74) is 1.60. The van der Waals surface area contributed by atoms with Gasteiger partial charge in [-0.05, 0) is 42.8 Å². The van der Waals surface area contributed by atoms with Crippen LogP contribution in [0.25, 0.3) is 6.08 Å². The molecular formula is C25H18Cl2N2O6. The van der Waals surface area contributed by atoms with E-state index >= 15 is 0 Å². The van der Waals surface area contributed by atoms with Crippen molar-refractivity contribution in [3.63, 3.8) is 0 Å². The smallest absolute Gasteiger partial charge is 0.363 e. The highest BCUT2D eigenvalue weighted by atomic mass is 35.5. The maximum absolute atomic E-state index is 12.4. The predicted molar refractivity (Wildman–Crippen MR) is 132 cm³/mol. The van der Waals surface area contributed by atoms with Crippen molar-refractivity contribution in [2.45, 2.75) is 13.5 Å². The Hall–Kier alpha value is -3.88. The monoisotopic (exact) mass is 512 g/mol. The van der Waals surface area contributed by atoms with Crippen LogP contribution in [-0.4, -0.2) is 23.4 Å². The first-order valence-electron chi connectivity index (χ1n) is 10.5. The molecule has 0 saturated heterocycles. The SMILES string of the molecule is CCOc1cc(/C=C2\N=C(c3ccc([N+](=O)[O-])cc3Cl)OC2=O)ccc1OCc1ccccc1Cl. The van der Waals surface area contributed by atoms with E-state index in [1.165, 1.54) is 24.3 Å². The van der Waals surface area contributed by atoms with Crippen molar-refractivity contribution in [3.8, 4) is 11.5 Å². The molecule has 0 N–H and O–H groups in total. The number of halogens is 2. The molecule has 1 aliphatic rings. The summed E-state index contributed by atoms with van der Waals surface area (Å²) >= 11 is 12.3. The van der Waals surface area contributed by atoms with Gasteiger partial charge in [-0.15, -0.1) is 0 Å². The van der Waals surface area contributed by atoms with Crippen LogP contribution in [0.2, 0.25) is 10.0 Å². The van der Waals surface area contributed by atoms with Crippen LogP contribution in [0.15, 0.2) is 71.4 Å². The van der Waals surface area contributed by atoms with Gasteiger partial charge >= 0.3 is 5.97 Å². The normalized spacial score (nSPS) is 14.0. The molecule has 8 nitrogen and oxygen atoms in total. The molecule has 0 radical (unpaired) electrons. The highest BCUT2D eigenvalue weighted by Gasteiger charge is 2.26. The van der Waals surface area contributed by atoms with Crippen LogP contribution < -0.4 is 9.47 Å². The van der Waals surface area contributed by atoms with E-state index in [0.717, 1.165) is 5.56 Å². The number of nitro groups is 1. The Labute approximate surface area is 210 Å². The number of carbonyl (C=O) groups excluding carboxylic acids is 1. The molecule has 0 atom stereocenters. The Bertz CT molecular complexity index is 1370. The molecule has 3 aromatic carbocycles. The number of nitrogens with zero attached hydrogens (tertiary/aromatic N) is 2. The molecule has 0 bridgehead atoms. The van der Waals surface area contributed by atoms with Gasteiger partial charge in [-0.25, -0.2) is 9.79 Å². The van der Waals surface area contributed by atoms with Gasteiger partial charge in [0.2, 0.25) is 5.90 Å². The van der Waals surface area contributed by atoms with Crippen molar-refractivity contribution in [3.05, 3.63) is 103 Å². The lowest BCUT2D eigenvalue weighted by atomic mass is 10.1. The zero-order valence-corrected chi connectivity index (χ0v) is 19.9. The van der Waals surface area contributed by atoms with Gasteiger partial charge in [-0.2, -0.15) is 0 Å². The maximum Gasteiger partial charge on any atom is 0.363 e. The third-order valence-electron chi connectivity index (χ3n) is 4.93. The van der Waals surface area contributed by atoms with E-state index in [1.54, 1.807) is 24.3 Å². The Morgan fingerprint density at radius 1 is 1.03 bits per heavy atom. The molecule has 0 aliphatic carbocycles. The van der Waals surface area contributed by atoms with Gasteiger partial charge in [0.25, 0.3) is 5.69 Å². The predicted octanol–water partition coefficient (Wildman–Crippen LogP) is 6.22. The van der Waals surface area contributed by atoms with Crippen molar-refractivity contribution in [1.29, 1.82) is 0 Å². The summed E-state index contributed by atoms with van der Waals surface area (Å²) in [6, 6.07) is 16.4. The molecule has 0 saturated carbocycles. The molecule has 0 spiro atoms. The van der Waals surface area contributed by atoms with Crippen molar-refractivity contribution >= 4 is 46.8 Å². The first-order chi connectivity index (χ1) is 16.9. The minimum atomic E-state index is -0.675. The number of ether oxygens (including phenoxy) is 3. The number of hydrogen-bond acceptors (Lipinski definition) is 7. The van der Waals surface area contributed by atoms with Crippen molar-refractivity contribution in [1.82, 2.24) is 0 Å². The van der Waals surface area contributed by atoms with Gasteiger partial charge < -0.3 is 14.2 Å². The van der Waals surface area contributed by atoms with Crippen LogP contribution in [0.1, 0.15) is 23.6 Å². The molecule has 10 heteroatoms. The number of benzene rings is 3. The summed E-state index contributed by atoms with van der Waals surface area (Å²) in [7, 11) is 0. The van der Waals surface area contributed by atoms with E-state index in [9.17, 15) is 14.9 Å². The third kappa shape index (κ3) is 5.62. The molecule has 0 aromatic heterocycles. The highest BCUT2D eigenvalue weighted by Crippen LogP contribution is 2.32. The van der Waals surface area contributed by atoms with Gasteiger partial charge in [0.05, 0.1) is 22.1 Å². The third-order valence-corrected chi connectivity index (χ3v) is 5.61. The van der Waals surface area contributed by atoms with Crippen LogP contribution in [0.5, 0.6) is 11.5 Å². The van der Waals surface area contributed by atoms with E-state index < -0.39 is 10.9 Å². The molecule has 1 heterocycles. The molecule has 0 amide bonds. The number of carbonyl (C=O) groups is 1. The summed E-state index contributed by atoms with van der Waals surface area (Å²) < 4.78 is 16.9. The van der Waals surface area contributed by atoms with Crippen LogP contribution in [-0.2, 0) is 16.1 Å². The second-order valence-electron chi connectivity index (χ2n) is 7.28. The number of nitro benzene ring substituents is 1. The molecule has 0 unspecified atom stereocenters. The zero-order chi connectivity index (χ0) is 24.9. The minimum Gasteiger partial charge on any atom is -0.490 e. The van der Waals surface area contributed by atoms with Crippen molar-refractivity contribution < 1.29 is 23.9 Å². The summed E-state index contributed by atoms with van der Waals surface area (Å²) in [6.07, 6.45) is 1.54. The lowest BCUT2D eigenvalue weighted by molar-refractivity contribution is -0.384. The van der Waals surface area contributed by atoms with Gasteiger partial charge in [0, 0.05) is 22.7 Å². The minimum absolute atomic E-state index is 0.0362. The van der Waals surface area contributed by atoms with Gasteiger partial charge in [-0.1, -0.05) is 47.5 Å². The average molecular weight is 513 g/mol. The van der Waals surface area contributed by atoms with Crippen molar-refractivity contribution in [2.24, 2.45) is 4.99 Å². The second-order valence-corrected chi connectivity index (χ2v) is 8.09. The van der Waals surface area contributed by atoms with E-state index in [4.69, 9.17) is 37.4 Å². The fourth-order valence-corrected chi connectivity index (χ4v) is 3.69. The van der Waals surface area contributed by atoms with Crippen LogP contribution >= 0.6 is 23.2 Å². The topological polar surface area (TPSA) is 100 Å². The molecule has 3 aromatic rings. The van der Waals surface area contributed by atoms with Crippen molar-refractivity contribution in [2.75, 3.05) is 6.61 Å². The first-order valence-corrected chi connectivity index (χ1v) is 11.2. The Kier molecular flexibility index (Phi) is 7.33. The van der Waals surface area contributed by atoms with Gasteiger partial charge in [0.15, 0.2) is 17.2 Å². The van der Waals surface area contributed by atoms with Crippen LogP contribution in [0.3, 0.4) is 0 Å². The summed E-state index contributed by atoms with van der Waals surface area (Å²) in [5.74, 6) is 0.296. The maximum atomic E-state index is 12.4. The van der Waals surface area contributed by atoms with E-state index in [0.29, 0.717) is 28.7 Å². The van der Waals surface area contributed by atoms with E-state index in [1.807, 2.05) is 25.1 Å². The lowest BCUT2D eigenvalue weighted by Gasteiger charge is -2.13. The quantitative estimate of drug-likeness (QED) is 0.153. The lowest BCUT2D eigenvalue weighted by Crippen LogP contribution is -2.06. The number of cyclic esters (lactones) is 1. The van der Waals surface area contributed by atoms with Gasteiger partial charge in [-0.3, -0.25) is 10.1 Å². The molecule has 178 valence electrons. The summed E-state index contributed by atoms with van der Waals surface area (Å²) in [6.45, 7) is 2.52. The number of hydrogen-bond donors (Lipinski definition) is 0. The largest absolute Gasteiger partial charge is 0.490 e. The van der Waals surface area contributed by atoms with Crippen LogP contribution in [0, 0.1) is 10.1 Å². The molecule has 0 fully saturated rings. The Balaban J connectivity index is 1.58. The standard InChI is InChI=1S/C25H18Cl2N2O6/c1-2-33-23-12-15(7-10-22(23)34-14-16-5-3-4-6-19(16)26)11-21-25(30)35-24(28-21)18-9-8-17(29(31)32)13-20(18)27/h3-13H,2,14H2,1H3/b21-11-. The number of esters is 1. The second kappa shape index (κ2) is 10.6. The average Bonchev–Trinajstić information content (AvgIpc) is 3.19. The van der Waals surface area contributed by atoms with Crippen LogP contribution in [0.4, 0.5) is 5.69 Å². The molecule has 4 rings (SSSR count). The number of rotatable bonds is 8. The fourth-order valence-electron chi connectivity index (χ4n) is 3.25.